The number of ether oxygens (including phenoxy) is 1. The van der Waals surface area contributed by atoms with Crippen molar-refractivity contribution in [2.75, 3.05) is 6.54 Å². The van der Waals surface area contributed by atoms with Crippen LogP contribution in [0, 0.1) is 17.1 Å². The van der Waals surface area contributed by atoms with Gasteiger partial charge in [0.25, 0.3) is 0 Å². The maximum absolute atomic E-state index is 13.4. The third-order valence-electron chi connectivity index (χ3n) is 3.28. The summed E-state index contributed by atoms with van der Waals surface area (Å²) in [5, 5.41) is 16.0. The van der Waals surface area contributed by atoms with E-state index in [1.807, 2.05) is 6.07 Å². The summed E-state index contributed by atoms with van der Waals surface area (Å²) in [6.07, 6.45) is 3.56. The van der Waals surface area contributed by atoms with Gasteiger partial charge < -0.3 is 10.1 Å². The summed E-state index contributed by atoms with van der Waals surface area (Å²) in [6, 6.07) is 6.08. The Hall–Kier alpha value is -2.88. The van der Waals surface area contributed by atoms with E-state index in [1.165, 1.54) is 18.2 Å². The molecule has 132 valence electrons. The summed E-state index contributed by atoms with van der Waals surface area (Å²) in [5.74, 6) is -0.400. The van der Waals surface area contributed by atoms with Crippen LogP contribution in [0.1, 0.15) is 32.8 Å². The van der Waals surface area contributed by atoms with Crippen LogP contribution in [0.4, 0.5) is 9.18 Å². The molecule has 7 heteroatoms. The van der Waals surface area contributed by atoms with Crippen molar-refractivity contribution in [1.29, 1.82) is 5.26 Å². The monoisotopic (exact) mass is 344 g/mol. The number of aryl methyl sites for hydroxylation is 1. The molecule has 1 N–H and O–H groups in total. The van der Waals surface area contributed by atoms with Crippen LogP contribution in [-0.4, -0.2) is 28.0 Å². The lowest BCUT2D eigenvalue weighted by Gasteiger charge is -2.19. The number of amides is 1. The first kappa shape index (κ1) is 18.5. The fraction of sp³-hybridized carbons (Fsp3) is 0.389. The lowest BCUT2D eigenvalue weighted by molar-refractivity contribution is 0.0526. The van der Waals surface area contributed by atoms with Crippen molar-refractivity contribution >= 4 is 6.09 Å². The zero-order valence-electron chi connectivity index (χ0n) is 14.5. The van der Waals surface area contributed by atoms with Gasteiger partial charge in [0.1, 0.15) is 11.4 Å². The molecule has 0 unspecified atom stereocenters. The maximum atomic E-state index is 13.4. The number of benzene rings is 1. The molecule has 0 saturated carbocycles. The zero-order valence-corrected chi connectivity index (χ0v) is 14.5. The molecular weight excluding hydrogens is 323 g/mol. The van der Waals surface area contributed by atoms with Crippen molar-refractivity contribution in [2.24, 2.45) is 0 Å². The van der Waals surface area contributed by atoms with Crippen LogP contribution in [0.3, 0.4) is 0 Å². The molecular formula is C18H21FN4O2. The standard InChI is InChI=1S/C18H21FN4O2/c1-18(2,3)25-17(24)21-7-4-8-23-12-14(11-22-23)16-9-15(19)6-5-13(16)10-20/h5-6,9,11-12H,4,7-8H2,1-3H3,(H,21,24). The Morgan fingerprint density at radius 1 is 1.44 bits per heavy atom. The van der Waals surface area contributed by atoms with Crippen LogP contribution >= 0.6 is 0 Å². The first-order valence-electron chi connectivity index (χ1n) is 7.98. The highest BCUT2D eigenvalue weighted by Crippen LogP contribution is 2.23. The number of carbonyl (C=O) groups excluding carboxylic acids is 1. The number of alkyl carbamates (subject to hydrolysis) is 1. The summed E-state index contributed by atoms with van der Waals surface area (Å²) in [5.41, 5.74) is 1.06. The van der Waals surface area contributed by atoms with E-state index in [4.69, 9.17) is 10.00 Å². The molecule has 0 aliphatic carbocycles. The molecule has 1 aromatic heterocycles. The molecule has 1 aromatic carbocycles. The second-order valence-electron chi connectivity index (χ2n) is 6.58. The number of rotatable bonds is 5. The van der Waals surface area contributed by atoms with Crippen LogP contribution in [-0.2, 0) is 11.3 Å². The van der Waals surface area contributed by atoms with Crippen LogP contribution in [0.25, 0.3) is 11.1 Å². The number of nitriles is 1. The van der Waals surface area contributed by atoms with Gasteiger partial charge in [0.05, 0.1) is 17.8 Å². The molecule has 0 aliphatic heterocycles. The quantitative estimate of drug-likeness (QED) is 0.842. The number of nitrogens with zero attached hydrogens (tertiary/aromatic N) is 3. The number of halogens is 1. The summed E-state index contributed by atoms with van der Waals surface area (Å²) in [7, 11) is 0. The second kappa shape index (κ2) is 7.79. The number of nitrogens with one attached hydrogen (secondary N) is 1. The van der Waals surface area contributed by atoms with E-state index in [1.54, 1.807) is 37.8 Å². The van der Waals surface area contributed by atoms with Gasteiger partial charge in [0, 0.05) is 30.4 Å². The average molecular weight is 344 g/mol. The smallest absolute Gasteiger partial charge is 0.407 e. The van der Waals surface area contributed by atoms with Gasteiger partial charge in [-0.05, 0) is 45.4 Å². The Labute approximate surface area is 146 Å². The van der Waals surface area contributed by atoms with Crippen molar-refractivity contribution in [3.8, 4) is 17.2 Å². The van der Waals surface area contributed by atoms with Crippen molar-refractivity contribution < 1.29 is 13.9 Å². The first-order valence-corrected chi connectivity index (χ1v) is 7.98. The molecule has 25 heavy (non-hydrogen) atoms. The lowest BCUT2D eigenvalue weighted by Crippen LogP contribution is -2.33. The first-order chi connectivity index (χ1) is 11.8. The molecule has 0 radical (unpaired) electrons. The van der Waals surface area contributed by atoms with Gasteiger partial charge in [-0.2, -0.15) is 10.4 Å². The highest BCUT2D eigenvalue weighted by molar-refractivity contribution is 5.69. The molecule has 2 aromatic rings. The highest BCUT2D eigenvalue weighted by atomic mass is 19.1. The molecule has 2 rings (SSSR count). The summed E-state index contributed by atoms with van der Waals surface area (Å²) in [6.45, 7) is 6.44. The van der Waals surface area contributed by atoms with E-state index in [0.717, 1.165) is 0 Å². The topological polar surface area (TPSA) is 79.9 Å². The van der Waals surface area contributed by atoms with Crippen molar-refractivity contribution in [3.63, 3.8) is 0 Å². The van der Waals surface area contributed by atoms with Gasteiger partial charge in [0.15, 0.2) is 0 Å². The Morgan fingerprint density at radius 3 is 2.88 bits per heavy atom. The van der Waals surface area contributed by atoms with E-state index in [2.05, 4.69) is 10.4 Å². The largest absolute Gasteiger partial charge is 0.444 e. The Morgan fingerprint density at radius 2 is 2.20 bits per heavy atom. The fourth-order valence-corrected chi connectivity index (χ4v) is 2.22. The third kappa shape index (κ3) is 5.60. The van der Waals surface area contributed by atoms with E-state index in [0.29, 0.717) is 36.2 Å². The molecule has 0 saturated heterocycles. The minimum atomic E-state index is -0.523. The second-order valence-corrected chi connectivity index (χ2v) is 6.58. The number of aromatic nitrogens is 2. The molecule has 0 fully saturated rings. The van der Waals surface area contributed by atoms with Crippen molar-refractivity contribution in [1.82, 2.24) is 15.1 Å². The van der Waals surface area contributed by atoms with Crippen LogP contribution in [0.15, 0.2) is 30.6 Å². The van der Waals surface area contributed by atoms with Crippen molar-refractivity contribution in [2.45, 2.75) is 39.3 Å². The Bertz CT molecular complexity index is 787. The van der Waals surface area contributed by atoms with Gasteiger partial charge in [-0.3, -0.25) is 4.68 Å². The van der Waals surface area contributed by atoms with Crippen LogP contribution in [0.2, 0.25) is 0 Å². The minimum Gasteiger partial charge on any atom is -0.444 e. The fourth-order valence-electron chi connectivity index (χ4n) is 2.22. The number of carbonyl (C=O) groups is 1. The predicted molar refractivity (Wildman–Crippen MR) is 91.2 cm³/mol. The molecule has 1 amide bonds. The number of hydrogen-bond donors (Lipinski definition) is 1. The van der Waals surface area contributed by atoms with Gasteiger partial charge in [-0.1, -0.05) is 0 Å². The van der Waals surface area contributed by atoms with Crippen molar-refractivity contribution in [3.05, 3.63) is 42.0 Å². The van der Waals surface area contributed by atoms with Gasteiger partial charge in [0.2, 0.25) is 0 Å². The molecule has 1 heterocycles. The van der Waals surface area contributed by atoms with E-state index in [9.17, 15) is 9.18 Å². The van der Waals surface area contributed by atoms with Gasteiger partial charge >= 0.3 is 6.09 Å². The summed E-state index contributed by atoms with van der Waals surface area (Å²) < 4.78 is 20.3. The Balaban J connectivity index is 1.90. The lowest BCUT2D eigenvalue weighted by atomic mass is 10.0. The molecule has 0 atom stereocenters. The minimum absolute atomic E-state index is 0.396. The summed E-state index contributed by atoms with van der Waals surface area (Å²) >= 11 is 0. The number of hydrogen-bond acceptors (Lipinski definition) is 4. The van der Waals surface area contributed by atoms with Gasteiger partial charge in [-0.25, -0.2) is 9.18 Å². The van der Waals surface area contributed by atoms with Crippen LogP contribution < -0.4 is 5.32 Å². The Kier molecular flexibility index (Phi) is 5.75. The third-order valence-corrected chi connectivity index (χ3v) is 3.28. The summed E-state index contributed by atoms with van der Waals surface area (Å²) in [4.78, 5) is 11.5. The van der Waals surface area contributed by atoms with E-state index < -0.39 is 17.5 Å². The SMILES string of the molecule is CC(C)(C)OC(=O)NCCCn1cc(-c2cc(F)ccc2C#N)cn1. The predicted octanol–water partition coefficient (Wildman–Crippen LogP) is 3.48. The molecule has 6 nitrogen and oxygen atoms in total. The zero-order chi connectivity index (χ0) is 18.4. The molecule has 0 spiro atoms. The maximum Gasteiger partial charge on any atom is 0.407 e. The normalized spacial score (nSPS) is 11.0. The molecule has 0 aliphatic rings. The van der Waals surface area contributed by atoms with E-state index >= 15 is 0 Å². The van der Waals surface area contributed by atoms with Gasteiger partial charge in [-0.15, -0.1) is 0 Å². The van der Waals surface area contributed by atoms with Crippen LogP contribution in [0.5, 0.6) is 0 Å². The average Bonchev–Trinajstić information content (AvgIpc) is 2.98. The molecule has 0 bridgehead atoms. The highest BCUT2D eigenvalue weighted by Gasteiger charge is 2.15. The van der Waals surface area contributed by atoms with E-state index in [-0.39, 0.29) is 0 Å².